The Morgan fingerprint density at radius 1 is 0.973 bits per heavy atom. The van der Waals surface area contributed by atoms with Gasteiger partial charge in [-0.25, -0.2) is 9.78 Å². The molecule has 3 N–H and O–H groups in total. The summed E-state index contributed by atoms with van der Waals surface area (Å²) < 4.78 is 5.46. The number of nitrogen functional groups attached to an aromatic ring is 1. The number of hydrogen-bond donors (Lipinski definition) is 2. The number of aromatic nitrogens is 1. The van der Waals surface area contributed by atoms with Crippen LogP contribution >= 0.6 is 23.2 Å². The van der Waals surface area contributed by atoms with Gasteiger partial charge in [0.25, 0.3) is 5.91 Å². The van der Waals surface area contributed by atoms with Crippen LogP contribution in [0.2, 0.25) is 10.0 Å². The number of nitrogens with zero attached hydrogens (tertiary/aromatic N) is 4. The molecule has 1 unspecified atom stereocenters. The Bertz CT molecular complexity index is 1260. The third-order valence-electron chi connectivity index (χ3n) is 6.46. The number of ether oxygens (including phenoxy) is 1. The molecule has 1 aromatic heterocycles. The molecular formula is C26H26Cl2N6O3. The highest BCUT2D eigenvalue weighted by molar-refractivity contribution is 6.39. The van der Waals surface area contributed by atoms with E-state index in [1.54, 1.807) is 29.3 Å². The summed E-state index contributed by atoms with van der Waals surface area (Å²) in [7, 11) is 0. The van der Waals surface area contributed by atoms with Gasteiger partial charge in [0.2, 0.25) is 0 Å². The van der Waals surface area contributed by atoms with Crippen molar-refractivity contribution in [2.24, 2.45) is 0 Å². The smallest absolute Gasteiger partial charge is 0.414 e. The summed E-state index contributed by atoms with van der Waals surface area (Å²) in [6.45, 7) is 3.88. The fourth-order valence-corrected chi connectivity index (χ4v) is 5.04. The molecule has 2 aliphatic rings. The summed E-state index contributed by atoms with van der Waals surface area (Å²) in [6.07, 6.45) is 0.733. The molecule has 0 radical (unpaired) electrons. The van der Waals surface area contributed by atoms with Crippen LogP contribution < -0.4 is 25.8 Å². The summed E-state index contributed by atoms with van der Waals surface area (Å²) in [4.78, 5) is 35.6. The van der Waals surface area contributed by atoms with Gasteiger partial charge in [0.15, 0.2) is 0 Å². The number of amides is 2. The fraction of sp³-hybridized carbons (Fsp3) is 0.269. The minimum absolute atomic E-state index is 0.147. The quantitative estimate of drug-likeness (QED) is 0.485. The Morgan fingerprint density at radius 3 is 2.27 bits per heavy atom. The van der Waals surface area contributed by atoms with Crippen LogP contribution in [0.4, 0.5) is 27.7 Å². The van der Waals surface area contributed by atoms with Gasteiger partial charge in [-0.05, 0) is 48.5 Å². The van der Waals surface area contributed by atoms with Crippen molar-refractivity contribution in [3.05, 3.63) is 76.4 Å². The predicted octanol–water partition coefficient (Wildman–Crippen LogP) is 4.05. The van der Waals surface area contributed by atoms with Crippen molar-refractivity contribution >= 4 is 58.1 Å². The number of nitrogens with one attached hydrogen (secondary N) is 1. The van der Waals surface area contributed by atoms with Gasteiger partial charge in [0.1, 0.15) is 11.9 Å². The van der Waals surface area contributed by atoms with Gasteiger partial charge in [0.05, 0.1) is 40.6 Å². The van der Waals surface area contributed by atoms with Gasteiger partial charge < -0.3 is 25.6 Å². The zero-order valence-corrected chi connectivity index (χ0v) is 21.5. The minimum Gasteiger partial charge on any atom is -0.442 e. The van der Waals surface area contributed by atoms with E-state index >= 15 is 0 Å². The first-order valence-electron chi connectivity index (χ1n) is 11.9. The molecule has 2 fully saturated rings. The zero-order valence-electron chi connectivity index (χ0n) is 19.9. The van der Waals surface area contributed by atoms with Crippen molar-refractivity contribution in [2.75, 3.05) is 59.7 Å². The summed E-state index contributed by atoms with van der Waals surface area (Å²) >= 11 is 12.2. The Kier molecular flexibility index (Phi) is 7.25. The first-order chi connectivity index (χ1) is 17.9. The number of carbonyl (C=O) groups is 2. The van der Waals surface area contributed by atoms with Crippen LogP contribution in [0.1, 0.15) is 10.4 Å². The van der Waals surface area contributed by atoms with E-state index in [1.807, 2.05) is 36.4 Å². The van der Waals surface area contributed by atoms with Crippen LogP contribution in [0.5, 0.6) is 0 Å². The monoisotopic (exact) mass is 540 g/mol. The maximum Gasteiger partial charge on any atom is 0.414 e. The van der Waals surface area contributed by atoms with Crippen LogP contribution in [0.25, 0.3) is 0 Å². The molecule has 2 saturated heterocycles. The lowest BCUT2D eigenvalue weighted by atomic mass is 10.2. The number of halogens is 2. The molecule has 0 bridgehead atoms. The number of rotatable bonds is 6. The van der Waals surface area contributed by atoms with E-state index in [1.165, 1.54) is 0 Å². The molecule has 2 aromatic carbocycles. The number of piperazine rings is 1. The second-order valence-corrected chi connectivity index (χ2v) is 9.68. The summed E-state index contributed by atoms with van der Waals surface area (Å²) in [5.74, 6) is 0.513. The van der Waals surface area contributed by atoms with Gasteiger partial charge in [0, 0.05) is 37.6 Å². The minimum atomic E-state index is -0.493. The third-order valence-corrected chi connectivity index (χ3v) is 7.09. The van der Waals surface area contributed by atoms with Crippen molar-refractivity contribution < 1.29 is 14.3 Å². The normalized spacial score (nSPS) is 17.6. The van der Waals surface area contributed by atoms with Crippen molar-refractivity contribution in [1.29, 1.82) is 0 Å². The van der Waals surface area contributed by atoms with E-state index in [-0.39, 0.29) is 22.2 Å². The summed E-state index contributed by atoms with van der Waals surface area (Å²) in [5, 5.41) is 3.28. The highest BCUT2D eigenvalue weighted by Crippen LogP contribution is 2.27. The average Bonchev–Trinajstić information content (AvgIpc) is 3.28. The third kappa shape index (κ3) is 5.52. The Balaban J connectivity index is 1.14. The van der Waals surface area contributed by atoms with Gasteiger partial charge in [-0.15, -0.1) is 0 Å². The molecule has 2 aliphatic heterocycles. The number of hydrogen-bond acceptors (Lipinski definition) is 7. The van der Waals surface area contributed by atoms with Crippen molar-refractivity contribution in [3.8, 4) is 0 Å². The van der Waals surface area contributed by atoms with E-state index < -0.39 is 18.1 Å². The number of cyclic esters (lactones) is 1. The van der Waals surface area contributed by atoms with E-state index in [9.17, 15) is 9.59 Å². The van der Waals surface area contributed by atoms with Gasteiger partial charge >= 0.3 is 6.09 Å². The largest absolute Gasteiger partial charge is 0.442 e. The van der Waals surface area contributed by atoms with Gasteiger partial charge in [-0.3, -0.25) is 9.69 Å². The lowest BCUT2D eigenvalue weighted by Gasteiger charge is -2.36. The summed E-state index contributed by atoms with van der Waals surface area (Å²) in [6, 6.07) is 16.5. The number of benzene rings is 2. The molecule has 37 heavy (non-hydrogen) atoms. The molecule has 0 saturated carbocycles. The molecule has 5 rings (SSSR count). The predicted molar refractivity (Wildman–Crippen MR) is 146 cm³/mol. The van der Waals surface area contributed by atoms with Crippen LogP contribution in [-0.4, -0.2) is 62.4 Å². The van der Waals surface area contributed by atoms with Crippen molar-refractivity contribution in [2.45, 2.75) is 6.10 Å². The first kappa shape index (κ1) is 25.0. The fourth-order valence-electron chi connectivity index (χ4n) is 4.47. The van der Waals surface area contributed by atoms with Crippen LogP contribution in [-0.2, 0) is 4.74 Å². The molecular weight excluding hydrogens is 515 g/mol. The lowest BCUT2D eigenvalue weighted by Crippen LogP contribution is -2.46. The molecule has 0 spiro atoms. The van der Waals surface area contributed by atoms with E-state index in [2.05, 4.69) is 20.1 Å². The van der Waals surface area contributed by atoms with Crippen LogP contribution in [0.15, 0.2) is 60.8 Å². The SMILES string of the molecule is Nc1ccc(N2CCN(c3ccc(N4CC(CNC(=O)c5c(Cl)cccc5Cl)OC4=O)cc3)CC2)nc1. The van der Waals surface area contributed by atoms with Crippen LogP contribution in [0, 0.1) is 0 Å². The maximum atomic E-state index is 12.5. The number of carbonyl (C=O) groups excluding carboxylic acids is 2. The molecule has 192 valence electrons. The average molecular weight is 541 g/mol. The molecule has 1 atom stereocenters. The second kappa shape index (κ2) is 10.7. The molecule has 11 heteroatoms. The van der Waals surface area contributed by atoms with Crippen molar-refractivity contribution in [3.63, 3.8) is 0 Å². The Hall–Kier alpha value is -3.69. The Morgan fingerprint density at radius 2 is 1.62 bits per heavy atom. The highest BCUT2D eigenvalue weighted by atomic mass is 35.5. The zero-order chi connectivity index (χ0) is 25.9. The number of anilines is 4. The number of nitrogens with two attached hydrogens (primary N) is 1. The van der Waals surface area contributed by atoms with Gasteiger partial charge in [-0.2, -0.15) is 0 Å². The number of pyridine rings is 1. The molecule has 3 aromatic rings. The lowest BCUT2D eigenvalue weighted by molar-refractivity contribution is 0.0916. The standard InChI is InChI=1S/C26H26Cl2N6O3/c27-21-2-1-3-22(28)24(21)25(35)31-15-20-16-34(26(36)37-20)19-7-5-18(6-8-19)32-10-12-33(13-11-32)23-9-4-17(29)14-30-23/h1-9,14,20H,10-13,15-16,29H2,(H,31,35). The highest BCUT2D eigenvalue weighted by Gasteiger charge is 2.33. The van der Waals surface area contributed by atoms with Crippen molar-refractivity contribution in [1.82, 2.24) is 10.3 Å². The second-order valence-electron chi connectivity index (χ2n) is 8.86. The van der Waals surface area contributed by atoms with E-state index in [4.69, 9.17) is 33.7 Å². The topological polar surface area (TPSA) is 104 Å². The maximum absolute atomic E-state index is 12.5. The molecule has 0 aliphatic carbocycles. The summed E-state index contributed by atoms with van der Waals surface area (Å²) in [5.41, 5.74) is 8.42. The Labute approximate surface area is 224 Å². The van der Waals surface area contributed by atoms with E-state index in [0.29, 0.717) is 12.2 Å². The van der Waals surface area contributed by atoms with Crippen LogP contribution in [0.3, 0.4) is 0 Å². The van der Waals surface area contributed by atoms with E-state index in [0.717, 1.165) is 43.4 Å². The first-order valence-corrected chi connectivity index (χ1v) is 12.7. The van der Waals surface area contributed by atoms with Gasteiger partial charge in [-0.1, -0.05) is 29.3 Å². The molecule has 3 heterocycles. The molecule has 2 amide bonds. The molecule has 9 nitrogen and oxygen atoms in total.